The van der Waals surface area contributed by atoms with E-state index in [9.17, 15) is 0 Å². The van der Waals surface area contributed by atoms with Gasteiger partial charge in [0.25, 0.3) is 0 Å². The first kappa shape index (κ1) is 44.9. The highest BCUT2D eigenvalue weighted by molar-refractivity contribution is 6.10. The van der Waals surface area contributed by atoms with E-state index in [1.807, 2.05) is 0 Å². The van der Waals surface area contributed by atoms with E-state index >= 15 is 0 Å². The molecule has 2 aromatic heterocycles. The third-order valence-electron chi connectivity index (χ3n) is 15.2. The molecule has 13 aromatic carbocycles. The summed E-state index contributed by atoms with van der Waals surface area (Å²) >= 11 is 0. The van der Waals surface area contributed by atoms with Crippen LogP contribution in [0.1, 0.15) is 0 Å². The minimum absolute atomic E-state index is 0.905. The summed E-state index contributed by atoms with van der Waals surface area (Å²) in [6, 6.07) is 104. The van der Waals surface area contributed by atoms with E-state index < -0.39 is 0 Å². The van der Waals surface area contributed by atoms with Gasteiger partial charge < -0.3 is 9.80 Å². The predicted octanol–water partition coefficient (Wildman–Crippen LogP) is 19.3. The molecular weight excluding hydrogens is 949 g/mol. The molecule has 78 heavy (non-hydrogen) atoms. The molecular formula is C72H48N6. The average molecular weight is 997 g/mol. The maximum atomic E-state index is 5.17. The lowest BCUT2D eigenvalue weighted by molar-refractivity contribution is 1.10. The van der Waals surface area contributed by atoms with Crippen molar-refractivity contribution in [2.24, 2.45) is 0 Å². The third kappa shape index (κ3) is 7.82. The van der Waals surface area contributed by atoms with Gasteiger partial charge in [-0.2, -0.15) is 0 Å². The fourth-order valence-corrected chi connectivity index (χ4v) is 11.5. The summed E-state index contributed by atoms with van der Waals surface area (Å²) in [4.78, 5) is 15.1. The van der Waals surface area contributed by atoms with Crippen LogP contribution in [0, 0.1) is 0 Å². The molecule has 0 saturated heterocycles. The van der Waals surface area contributed by atoms with E-state index in [0.29, 0.717) is 0 Å². The molecule has 0 amide bonds. The van der Waals surface area contributed by atoms with Gasteiger partial charge in [0.05, 0.1) is 22.1 Å². The first-order valence-electron chi connectivity index (χ1n) is 26.5. The lowest BCUT2D eigenvalue weighted by Gasteiger charge is -2.27. The molecule has 2 heterocycles. The molecule has 0 bridgehead atoms. The minimum atomic E-state index is 0.905. The van der Waals surface area contributed by atoms with E-state index in [4.69, 9.17) is 9.97 Å². The van der Waals surface area contributed by atoms with Crippen LogP contribution < -0.4 is 9.80 Å². The molecule has 0 spiro atoms. The van der Waals surface area contributed by atoms with Gasteiger partial charge in [0.2, 0.25) is 0 Å². The number of hydrogen-bond donors (Lipinski definition) is 0. The number of aromatic nitrogens is 4. The molecule has 0 fully saturated rings. The molecule has 0 saturated carbocycles. The van der Waals surface area contributed by atoms with Gasteiger partial charge in [-0.25, -0.2) is 9.97 Å². The molecule has 15 aromatic rings. The molecule has 0 radical (unpaired) electrons. The van der Waals surface area contributed by atoms with Gasteiger partial charge in [-0.1, -0.05) is 146 Å². The van der Waals surface area contributed by atoms with Crippen LogP contribution >= 0.6 is 0 Å². The fourth-order valence-electron chi connectivity index (χ4n) is 11.5. The molecule has 0 atom stereocenters. The number of fused-ring (bicyclic) bond motifs is 7. The summed E-state index contributed by atoms with van der Waals surface area (Å²) in [5.41, 5.74) is 14.7. The second-order valence-electron chi connectivity index (χ2n) is 19.9. The Morgan fingerprint density at radius 1 is 0.244 bits per heavy atom. The van der Waals surface area contributed by atoms with Gasteiger partial charge in [-0.15, -0.1) is 0 Å². The number of hydrogen-bond acceptors (Lipinski definition) is 4. The van der Waals surface area contributed by atoms with Crippen LogP contribution in [0.4, 0.5) is 34.1 Å². The first-order valence-corrected chi connectivity index (χ1v) is 26.5. The van der Waals surface area contributed by atoms with E-state index in [-0.39, 0.29) is 0 Å². The van der Waals surface area contributed by atoms with E-state index in [2.05, 4.69) is 310 Å². The van der Waals surface area contributed by atoms with Gasteiger partial charge in [-0.3, -0.25) is 9.13 Å². The first-order chi connectivity index (χ1) is 38.6. The van der Waals surface area contributed by atoms with Crippen molar-refractivity contribution in [3.63, 3.8) is 0 Å². The Kier molecular flexibility index (Phi) is 10.7. The Hall–Kier alpha value is -10.6. The molecule has 0 aliphatic rings. The SMILES string of the molecule is c1ccc(-n2c(-c3ccc(N(c4ccc5ccccc5c4)c4ccc5c(ccc6cc(N(c7ccc(-c8nc9ccccc9n8-c8ccccc8)cc7)c7ccc8ccccc8c7)ccc65)c4)cc3)nc3ccccc32)cc1. The van der Waals surface area contributed by atoms with Crippen LogP contribution in [-0.2, 0) is 0 Å². The third-order valence-corrected chi connectivity index (χ3v) is 15.2. The highest BCUT2D eigenvalue weighted by Crippen LogP contribution is 2.43. The lowest BCUT2D eigenvalue weighted by atomic mass is 9.99. The van der Waals surface area contributed by atoms with E-state index in [0.717, 1.165) is 101 Å². The highest BCUT2D eigenvalue weighted by Gasteiger charge is 2.21. The monoisotopic (exact) mass is 996 g/mol. The Morgan fingerprint density at radius 3 is 0.987 bits per heavy atom. The number of nitrogens with zero attached hydrogens (tertiary/aromatic N) is 6. The van der Waals surface area contributed by atoms with Crippen LogP contribution in [0.15, 0.2) is 291 Å². The van der Waals surface area contributed by atoms with Gasteiger partial charge in [0.1, 0.15) is 11.6 Å². The summed E-state index contributed by atoms with van der Waals surface area (Å²) in [6.07, 6.45) is 0. The number of imidazole rings is 2. The lowest BCUT2D eigenvalue weighted by Crippen LogP contribution is -2.10. The molecule has 6 nitrogen and oxygen atoms in total. The summed E-state index contributed by atoms with van der Waals surface area (Å²) in [5, 5.41) is 9.50. The zero-order valence-electron chi connectivity index (χ0n) is 42.4. The van der Waals surface area contributed by atoms with Gasteiger partial charge in [0, 0.05) is 56.6 Å². The van der Waals surface area contributed by atoms with Crippen molar-refractivity contribution in [2.75, 3.05) is 9.80 Å². The molecule has 366 valence electrons. The van der Waals surface area contributed by atoms with Crippen LogP contribution in [0.3, 0.4) is 0 Å². The van der Waals surface area contributed by atoms with Crippen molar-refractivity contribution in [1.82, 2.24) is 19.1 Å². The molecule has 15 rings (SSSR count). The summed E-state index contributed by atoms with van der Waals surface area (Å²) in [6.45, 7) is 0. The van der Waals surface area contributed by atoms with Crippen molar-refractivity contribution >= 4 is 99.3 Å². The Balaban J connectivity index is 0.816. The number of anilines is 6. The quantitative estimate of drug-likeness (QED) is 0.128. The second kappa shape index (κ2) is 18.7. The van der Waals surface area contributed by atoms with Gasteiger partial charge in [-0.05, 0) is 189 Å². The summed E-state index contributed by atoms with van der Waals surface area (Å²) < 4.78 is 4.51. The smallest absolute Gasteiger partial charge is 0.145 e. The van der Waals surface area contributed by atoms with Crippen molar-refractivity contribution in [3.05, 3.63) is 291 Å². The largest absolute Gasteiger partial charge is 0.310 e. The molecule has 0 N–H and O–H groups in total. The highest BCUT2D eigenvalue weighted by atomic mass is 15.2. The molecule has 0 unspecified atom stereocenters. The van der Waals surface area contributed by atoms with Crippen molar-refractivity contribution in [1.29, 1.82) is 0 Å². The summed E-state index contributed by atoms with van der Waals surface area (Å²) in [5.74, 6) is 1.81. The minimum Gasteiger partial charge on any atom is -0.310 e. The topological polar surface area (TPSA) is 42.1 Å². The fraction of sp³-hybridized carbons (Fsp3) is 0. The number of benzene rings is 13. The van der Waals surface area contributed by atoms with Crippen LogP contribution in [-0.4, -0.2) is 19.1 Å². The molecule has 0 aliphatic heterocycles. The van der Waals surface area contributed by atoms with Crippen molar-refractivity contribution in [3.8, 4) is 34.2 Å². The predicted molar refractivity (Wildman–Crippen MR) is 326 cm³/mol. The van der Waals surface area contributed by atoms with Gasteiger partial charge in [0.15, 0.2) is 0 Å². The van der Waals surface area contributed by atoms with Crippen LogP contribution in [0.25, 0.3) is 99.3 Å². The average Bonchev–Trinajstić information content (AvgIpc) is 4.11. The molecule has 6 heteroatoms. The zero-order chi connectivity index (χ0) is 51.5. The Morgan fingerprint density at radius 2 is 0.564 bits per heavy atom. The maximum Gasteiger partial charge on any atom is 0.145 e. The zero-order valence-corrected chi connectivity index (χ0v) is 42.4. The Labute approximate surface area is 451 Å². The van der Waals surface area contributed by atoms with E-state index in [1.165, 1.54) is 32.3 Å². The van der Waals surface area contributed by atoms with Crippen molar-refractivity contribution in [2.45, 2.75) is 0 Å². The van der Waals surface area contributed by atoms with E-state index in [1.54, 1.807) is 0 Å². The van der Waals surface area contributed by atoms with Crippen LogP contribution in [0.5, 0.6) is 0 Å². The van der Waals surface area contributed by atoms with Crippen molar-refractivity contribution < 1.29 is 0 Å². The number of rotatable bonds is 10. The Bertz CT molecular complexity index is 4430. The molecule has 0 aliphatic carbocycles. The van der Waals surface area contributed by atoms with Crippen LogP contribution in [0.2, 0.25) is 0 Å². The standard InChI is InChI=1S/C72H48N6/c1-3-19-57(20-4-1)77-69-25-13-11-23-67(69)73-71(77)51-31-35-59(36-32-51)75(61-39-29-49-15-7-9-17-53(49)45-61)63-41-43-65-55(47-63)27-28-56-48-64(42-44-66(56)65)76(62-40-30-50-16-8-10-18-54(50)46-62)60-37-33-52(34-38-60)72-74-68-24-12-14-26-70(68)78(72)58-21-5-2-6-22-58/h1-48H. The van der Waals surface area contributed by atoms with Gasteiger partial charge >= 0.3 is 0 Å². The maximum absolute atomic E-state index is 5.17. The summed E-state index contributed by atoms with van der Waals surface area (Å²) in [7, 11) is 0. The normalized spacial score (nSPS) is 11.6. The second-order valence-corrected chi connectivity index (χ2v) is 19.9. The number of para-hydroxylation sites is 6.